The molecule has 0 radical (unpaired) electrons. The zero-order valence-corrected chi connectivity index (χ0v) is 18.4. The summed E-state index contributed by atoms with van der Waals surface area (Å²) in [4.78, 5) is 14.7. The van der Waals surface area contributed by atoms with Crippen LogP contribution in [0.5, 0.6) is 17.2 Å². The first kappa shape index (κ1) is 22.3. The number of anilines is 4. The summed E-state index contributed by atoms with van der Waals surface area (Å²) in [7, 11) is 4.60. The zero-order valence-electron chi connectivity index (χ0n) is 18.4. The maximum Gasteiger partial charge on any atom is 0.320 e. The number of hydrogen-bond acceptors (Lipinski definition) is 11. The van der Waals surface area contributed by atoms with Gasteiger partial charge in [-0.2, -0.15) is 0 Å². The third kappa shape index (κ3) is 4.65. The molecule has 0 fully saturated rings. The van der Waals surface area contributed by atoms with Gasteiger partial charge in [-0.15, -0.1) is 5.10 Å². The number of benzene rings is 2. The fourth-order valence-electron chi connectivity index (χ4n) is 3.14. The molecule has 4 aromatic rings. The first-order valence-electron chi connectivity index (χ1n) is 9.89. The van der Waals surface area contributed by atoms with Crippen LogP contribution in [-0.4, -0.2) is 41.4 Å². The smallest absolute Gasteiger partial charge is 0.320 e. The Morgan fingerprint density at radius 2 is 1.62 bits per heavy atom. The molecule has 0 aliphatic heterocycles. The Morgan fingerprint density at radius 1 is 0.912 bits per heavy atom. The van der Waals surface area contributed by atoms with Crippen molar-refractivity contribution in [3.63, 3.8) is 0 Å². The lowest BCUT2D eigenvalue weighted by atomic mass is 10.2. The van der Waals surface area contributed by atoms with Gasteiger partial charge in [0.2, 0.25) is 5.75 Å². The highest BCUT2D eigenvalue weighted by Gasteiger charge is 2.17. The molecule has 0 aliphatic rings. The first-order valence-corrected chi connectivity index (χ1v) is 9.89. The molecule has 2 aromatic heterocycles. The molecule has 0 saturated carbocycles. The third-order valence-corrected chi connectivity index (χ3v) is 4.72. The maximum absolute atomic E-state index is 10.8. The zero-order chi connectivity index (χ0) is 24.1. The van der Waals surface area contributed by atoms with Crippen molar-refractivity contribution in [2.24, 2.45) is 0 Å². The van der Waals surface area contributed by atoms with Gasteiger partial charge in [0.15, 0.2) is 11.5 Å². The van der Waals surface area contributed by atoms with Crippen molar-refractivity contribution in [2.75, 3.05) is 32.0 Å². The molecule has 0 atom stereocenters. The van der Waals surface area contributed by atoms with Crippen LogP contribution in [0.1, 0.15) is 0 Å². The Kier molecular flexibility index (Phi) is 6.39. The molecule has 0 saturated heterocycles. The summed E-state index contributed by atoms with van der Waals surface area (Å²) in [6, 6.07) is 13.0. The van der Waals surface area contributed by atoms with Crippen molar-refractivity contribution in [1.82, 2.24) is 15.2 Å². The maximum atomic E-state index is 10.8. The molecule has 0 aliphatic carbocycles. The number of aromatic nitrogens is 3. The lowest BCUT2D eigenvalue weighted by Gasteiger charge is -2.15. The van der Waals surface area contributed by atoms with Gasteiger partial charge in [0, 0.05) is 41.8 Å². The van der Waals surface area contributed by atoms with Crippen molar-refractivity contribution in [1.29, 1.82) is 0 Å². The number of pyridine rings is 1. The Labute approximate surface area is 193 Å². The van der Waals surface area contributed by atoms with Gasteiger partial charge in [-0.1, -0.05) is 5.10 Å². The van der Waals surface area contributed by atoms with Crippen LogP contribution < -0.4 is 24.8 Å². The quantitative estimate of drug-likeness (QED) is 0.265. The molecular formula is C22H20N6O6. The molecule has 2 heterocycles. The molecule has 0 amide bonds. The topological polar surface area (TPSA) is 147 Å². The van der Waals surface area contributed by atoms with E-state index in [2.05, 4.69) is 25.8 Å². The van der Waals surface area contributed by atoms with Gasteiger partial charge in [-0.3, -0.25) is 10.1 Å². The molecule has 0 unspecified atom stereocenters. The summed E-state index contributed by atoms with van der Waals surface area (Å²) < 4.78 is 21.9. The Balaban J connectivity index is 1.59. The van der Waals surface area contributed by atoms with Crippen LogP contribution >= 0.6 is 0 Å². The number of nitro groups is 1. The molecule has 2 N–H and O–H groups in total. The summed E-state index contributed by atoms with van der Waals surface area (Å²) in [6.45, 7) is 0. The summed E-state index contributed by atoms with van der Waals surface area (Å²) in [5.41, 5.74) is 1.73. The van der Waals surface area contributed by atoms with E-state index in [0.29, 0.717) is 40.0 Å². The average Bonchev–Trinajstić information content (AvgIpc) is 3.32. The van der Waals surface area contributed by atoms with Crippen LogP contribution in [0.4, 0.5) is 28.9 Å². The predicted molar refractivity (Wildman–Crippen MR) is 123 cm³/mol. The van der Waals surface area contributed by atoms with E-state index in [1.807, 2.05) is 0 Å². The predicted octanol–water partition coefficient (Wildman–Crippen LogP) is 4.55. The van der Waals surface area contributed by atoms with Gasteiger partial charge in [0.25, 0.3) is 11.6 Å². The first-order chi connectivity index (χ1) is 16.5. The van der Waals surface area contributed by atoms with E-state index >= 15 is 0 Å². The summed E-state index contributed by atoms with van der Waals surface area (Å²) in [5.74, 6) is 2.11. The second-order valence-electron chi connectivity index (χ2n) is 6.78. The highest BCUT2D eigenvalue weighted by atomic mass is 16.6. The highest BCUT2D eigenvalue weighted by molar-refractivity contribution is 5.75. The van der Waals surface area contributed by atoms with Crippen LogP contribution in [0, 0.1) is 10.1 Å². The summed E-state index contributed by atoms with van der Waals surface area (Å²) >= 11 is 0. The standard InChI is InChI=1S/C22H20N6O6/c1-31-17-11-14(12-18(32-2)19(17)33-3)24-20-16(5-4-10-23-20)21-26-27-22(34-21)25-13-6-8-15(9-7-13)28(29)30/h4-12H,1-3H3,(H,23,24)(H,25,27). The monoisotopic (exact) mass is 464 g/mol. The van der Waals surface area contributed by atoms with Crippen LogP contribution in [-0.2, 0) is 0 Å². The largest absolute Gasteiger partial charge is 0.493 e. The molecule has 2 aromatic carbocycles. The third-order valence-electron chi connectivity index (χ3n) is 4.72. The number of methoxy groups -OCH3 is 3. The Hall–Kier alpha value is -4.87. The van der Waals surface area contributed by atoms with Crippen molar-refractivity contribution in [3.8, 4) is 28.7 Å². The van der Waals surface area contributed by atoms with Crippen molar-refractivity contribution in [3.05, 3.63) is 64.8 Å². The van der Waals surface area contributed by atoms with Gasteiger partial charge < -0.3 is 29.3 Å². The molecule has 0 bridgehead atoms. The van der Waals surface area contributed by atoms with Crippen LogP contribution in [0.3, 0.4) is 0 Å². The van der Waals surface area contributed by atoms with Crippen molar-refractivity contribution >= 4 is 28.9 Å². The van der Waals surface area contributed by atoms with Crippen LogP contribution in [0.25, 0.3) is 11.5 Å². The number of non-ortho nitro benzene ring substituents is 1. The van der Waals surface area contributed by atoms with Crippen LogP contribution in [0.2, 0.25) is 0 Å². The fraction of sp³-hybridized carbons (Fsp3) is 0.136. The number of nitrogens with one attached hydrogen (secondary N) is 2. The number of nitrogens with zero attached hydrogens (tertiary/aromatic N) is 4. The van der Waals surface area contributed by atoms with Crippen molar-refractivity contribution in [2.45, 2.75) is 0 Å². The van der Waals surface area contributed by atoms with Gasteiger partial charge in [-0.05, 0) is 24.3 Å². The average molecular weight is 464 g/mol. The number of rotatable bonds is 9. The second kappa shape index (κ2) is 9.73. The minimum Gasteiger partial charge on any atom is -0.493 e. The van der Waals surface area contributed by atoms with E-state index in [0.717, 1.165) is 0 Å². The lowest BCUT2D eigenvalue weighted by molar-refractivity contribution is -0.384. The minimum absolute atomic E-state index is 0.0189. The van der Waals surface area contributed by atoms with Gasteiger partial charge >= 0.3 is 6.01 Å². The lowest BCUT2D eigenvalue weighted by Crippen LogP contribution is -2.00. The second-order valence-corrected chi connectivity index (χ2v) is 6.78. The molecule has 34 heavy (non-hydrogen) atoms. The number of hydrogen-bond donors (Lipinski definition) is 2. The SMILES string of the molecule is COc1cc(Nc2ncccc2-c2nnc(Nc3ccc([N+](=O)[O-])cc3)o2)cc(OC)c1OC. The molecule has 0 spiro atoms. The summed E-state index contributed by atoms with van der Waals surface area (Å²) in [6.07, 6.45) is 1.62. The molecule has 174 valence electrons. The van der Waals surface area contributed by atoms with E-state index in [1.165, 1.54) is 33.5 Å². The van der Waals surface area contributed by atoms with Gasteiger partial charge in [-0.25, -0.2) is 4.98 Å². The van der Waals surface area contributed by atoms with Gasteiger partial charge in [0.1, 0.15) is 5.82 Å². The van der Waals surface area contributed by atoms with E-state index in [-0.39, 0.29) is 17.6 Å². The molecule has 12 heteroatoms. The molecule has 4 rings (SSSR count). The number of ether oxygens (including phenoxy) is 3. The van der Waals surface area contributed by atoms with Gasteiger partial charge in [0.05, 0.1) is 31.8 Å². The number of nitro benzene ring substituents is 1. The Morgan fingerprint density at radius 3 is 2.24 bits per heavy atom. The minimum atomic E-state index is -0.473. The molecular weight excluding hydrogens is 444 g/mol. The van der Waals surface area contributed by atoms with Crippen LogP contribution in [0.15, 0.2) is 59.1 Å². The van der Waals surface area contributed by atoms with E-state index in [4.69, 9.17) is 18.6 Å². The Bertz CT molecular complexity index is 1280. The fourth-order valence-corrected chi connectivity index (χ4v) is 3.14. The normalized spacial score (nSPS) is 10.4. The summed E-state index contributed by atoms with van der Waals surface area (Å²) in [5, 5.41) is 25.0. The van der Waals surface area contributed by atoms with Crippen molar-refractivity contribution < 1.29 is 23.6 Å². The van der Waals surface area contributed by atoms with E-state index < -0.39 is 4.92 Å². The van der Waals surface area contributed by atoms with E-state index in [1.54, 1.807) is 42.6 Å². The van der Waals surface area contributed by atoms with E-state index in [9.17, 15) is 10.1 Å². The highest BCUT2D eigenvalue weighted by Crippen LogP contribution is 2.41. The molecule has 12 nitrogen and oxygen atoms in total.